The van der Waals surface area contributed by atoms with Gasteiger partial charge in [-0.2, -0.15) is 11.3 Å². The van der Waals surface area contributed by atoms with E-state index in [0.717, 1.165) is 11.8 Å². The normalized spacial score (nSPS) is 25.4. The Morgan fingerprint density at radius 2 is 2.11 bits per heavy atom. The van der Waals surface area contributed by atoms with Gasteiger partial charge in [-0.25, -0.2) is 0 Å². The lowest BCUT2D eigenvalue weighted by Crippen LogP contribution is -2.37. The Hall–Kier alpha value is -0.340. The Bertz CT molecular complexity index is 325. The molecule has 2 heteroatoms. The van der Waals surface area contributed by atoms with Gasteiger partial charge in [-0.3, -0.25) is 0 Å². The van der Waals surface area contributed by atoms with Gasteiger partial charge in [-0.15, -0.1) is 0 Å². The quantitative estimate of drug-likeness (QED) is 0.750. The zero-order valence-corrected chi connectivity index (χ0v) is 13.3. The van der Waals surface area contributed by atoms with Gasteiger partial charge in [0.2, 0.25) is 0 Å². The zero-order chi connectivity index (χ0) is 13.5. The Morgan fingerprint density at radius 1 is 1.32 bits per heavy atom. The summed E-state index contributed by atoms with van der Waals surface area (Å²) in [6.07, 6.45) is 11.3. The molecule has 108 valence electrons. The second kappa shape index (κ2) is 8.06. The standard InChI is InChI=1S/C17H29NS/c1-3-4-5-14-6-8-16(9-7-14)17(18-2)12-15-10-11-19-13-15/h10-11,13-14,16-18H,3-9,12H2,1-2H3. The van der Waals surface area contributed by atoms with E-state index >= 15 is 0 Å². The van der Waals surface area contributed by atoms with Gasteiger partial charge in [-0.1, -0.05) is 39.0 Å². The summed E-state index contributed by atoms with van der Waals surface area (Å²) in [5, 5.41) is 8.07. The number of hydrogen-bond donors (Lipinski definition) is 1. The molecule has 0 aliphatic heterocycles. The molecule has 1 aliphatic rings. The van der Waals surface area contributed by atoms with Crippen molar-refractivity contribution in [1.82, 2.24) is 5.32 Å². The highest BCUT2D eigenvalue weighted by molar-refractivity contribution is 7.07. The highest BCUT2D eigenvalue weighted by Gasteiger charge is 2.26. The summed E-state index contributed by atoms with van der Waals surface area (Å²) in [5.41, 5.74) is 1.51. The fourth-order valence-electron chi connectivity index (χ4n) is 3.54. The molecule has 1 unspecified atom stereocenters. The van der Waals surface area contributed by atoms with Crippen molar-refractivity contribution in [1.29, 1.82) is 0 Å². The van der Waals surface area contributed by atoms with Gasteiger partial charge in [-0.05, 0) is 60.5 Å². The van der Waals surface area contributed by atoms with Crippen LogP contribution in [-0.2, 0) is 6.42 Å². The third kappa shape index (κ3) is 4.61. The van der Waals surface area contributed by atoms with Crippen molar-refractivity contribution in [3.8, 4) is 0 Å². The molecule has 0 radical (unpaired) electrons. The van der Waals surface area contributed by atoms with Gasteiger partial charge in [0.05, 0.1) is 0 Å². The van der Waals surface area contributed by atoms with E-state index in [1.807, 2.05) is 11.3 Å². The average Bonchev–Trinajstić information content (AvgIpc) is 2.96. The Labute approximate surface area is 122 Å². The van der Waals surface area contributed by atoms with Crippen LogP contribution in [0.4, 0.5) is 0 Å². The number of unbranched alkanes of at least 4 members (excludes halogenated alkanes) is 1. The minimum absolute atomic E-state index is 0.682. The van der Waals surface area contributed by atoms with Crippen LogP contribution in [0, 0.1) is 11.8 Å². The smallest absolute Gasteiger partial charge is 0.0133 e. The van der Waals surface area contributed by atoms with E-state index in [4.69, 9.17) is 0 Å². The molecule has 0 spiro atoms. The number of rotatable bonds is 7. The lowest BCUT2D eigenvalue weighted by atomic mass is 9.76. The van der Waals surface area contributed by atoms with Gasteiger partial charge < -0.3 is 5.32 Å². The van der Waals surface area contributed by atoms with Gasteiger partial charge >= 0.3 is 0 Å². The molecule has 2 rings (SSSR count). The van der Waals surface area contributed by atoms with E-state index < -0.39 is 0 Å². The second-order valence-corrected chi connectivity index (χ2v) is 6.93. The Morgan fingerprint density at radius 3 is 2.68 bits per heavy atom. The first-order valence-corrected chi connectivity index (χ1v) is 8.96. The van der Waals surface area contributed by atoms with Crippen LogP contribution in [0.25, 0.3) is 0 Å². The fourth-order valence-corrected chi connectivity index (χ4v) is 4.22. The van der Waals surface area contributed by atoms with Crippen LogP contribution in [-0.4, -0.2) is 13.1 Å². The van der Waals surface area contributed by atoms with Crippen molar-refractivity contribution < 1.29 is 0 Å². The molecule has 1 nitrogen and oxygen atoms in total. The molecular weight excluding hydrogens is 250 g/mol. The monoisotopic (exact) mass is 279 g/mol. The zero-order valence-electron chi connectivity index (χ0n) is 12.5. The molecule has 19 heavy (non-hydrogen) atoms. The molecule has 0 amide bonds. The van der Waals surface area contributed by atoms with E-state index in [9.17, 15) is 0 Å². The summed E-state index contributed by atoms with van der Waals surface area (Å²) in [6.45, 7) is 2.31. The largest absolute Gasteiger partial charge is 0.316 e. The van der Waals surface area contributed by atoms with E-state index in [-0.39, 0.29) is 0 Å². The van der Waals surface area contributed by atoms with Crippen LogP contribution in [0.15, 0.2) is 16.8 Å². The van der Waals surface area contributed by atoms with Crippen molar-refractivity contribution in [3.05, 3.63) is 22.4 Å². The van der Waals surface area contributed by atoms with Crippen LogP contribution in [0.3, 0.4) is 0 Å². The molecule has 0 bridgehead atoms. The molecule has 1 heterocycles. The second-order valence-electron chi connectivity index (χ2n) is 6.15. The third-order valence-corrected chi connectivity index (χ3v) is 5.56. The predicted octanol–water partition coefficient (Wildman–Crippen LogP) is 4.88. The molecule has 1 fully saturated rings. The molecule has 0 aromatic carbocycles. The number of likely N-dealkylation sites (N-methyl/N-ethyl adjacent to an activating group) is 1. The lowest BCUT2D eigenvalue weighted by molar-refractivity contribution is 0.216. The summed E-state index contributed by atoms with van der Waals surface area (Å²) in [4.78, 5) is 0. The molecule has 1 N–H and O–H groups in total. The van der Waals surface area contributed by atoms with E-state index in [1.165, 1.54) is 56.9 Å². The topological polar surface area (TPSA) is 12.0 Å². The average molecular weight is 279 g/mol. The highest BCUT2D eigenvalue weighted by atomic mass is 32.1. The van der Waals surface area contributed by atoms with Crippen molar-refractivity contribution >= 4 is 11.3 Å². The molecule has 1 aromatic heterocycles. The SMILES string of the molecule is CCCCC1CCC(C(Cc2ccsc2)NC)CC1. The van der Waals surface area contributed by atoms with Crippen molar-refractivity contribution in [2.75, 3.05) is 7.05 Å². The van der Waals surface area contributed by atoms with Gasteiger partial charge in [0, 0.05) is 6.04 Å². The first kappa shape index (κ1) is 15.1. The van der Waals surface area contributed by atoms with Crippen molar-refractivity contribution in [3.63, 3.8) is 0 Å². The minimum Gasteiger partial charge on any atom is -0.316 e. The lowest BCUT2D eigenvalue weighted by Gasteiger charge is -2.34. The van der Waals surface area contributed by atoms with E-state index in [2.05, 4.69) is 36.1 Å². The van der Waals surface area contributed by atoms with Crippen LogP contribution in [0.2, 0.25) is 0 Å². The Balaban J connectivity index is 1.78. The van der Waals surface area contributed by atoms with Crippen molar-refractivity contribution in [2.24, 2.45) is 11.8 Å². The van der Waals surface area contributed by atoms with Gasteiger partial charge in [0.15, 0.2) is 0 Å². The number of nitrogens with one attached hydrogen (secondary N) is 1. The van der Waals surface area contributed by atoms with Gasteiger partial charge in [0.25, 0.3) is 0 Å². The summed E-state index contributed by atoms with van der Waals surface area (Å²) in [6, 6.07) is 2.96. The summed E-state index contributed by atoms with van der Waals surface area (Å²) in [5.74, 6) is 1.91. The van der Waals surface area contributed by atoms with Gasteiger partial charge in [0.1, 0.15) is 0 Å². The minimum atomic E-state index is 0.682. The fraction of sp³-hybridized carbons (Fsp3) is 0.765. The van der Waals surface area contributed by atoms with Crippen LogP contribution >= 0.6 is 11.3 Å². The number of hydrogen-bond acceptors (Lipinski definition) is 2. The van der Waals surface area contributed by atoms with Crippen molar-refractivity contribution in [2.45, 2.75) is 64.3 Å². The molecule has 0 saturated heterocycles. The third-order valence-electron chi connectivity index (χ3n) is 4.83. The maximum absolute atomic E-state index is 3.57. The first-order chi connectivity index (χ1) is 9.33. The van der Waals surface area contributed by atoms with Crippen LogP contribution in [0.5, 0.6) is 0 Å². The van der Waals surface area contributed by atoms with Crippen LogP contribution < -0.4 is 5.32 Å². The van der Waals surface area contributed by atoms with Crippen LogP contribution in [0.1, 0.15) is 57.4 Å². The maximum atomic E-state index is 3.57. The Kier molecular flexibility index (Phi) is 6.39. The first-order valence-electron chi connectivity index (χ1n) is 8.01. The molecular formula is C17H29NS. The maximum Gasteiger partial charge on any atom is 0.0133 e. The molecule has 1 saturated carbocycles. The summed E-state index contributed by atoms with van der Waals surface area (Å²) < 4.78 is 0. The molecule has 1 atom stereocenters. The predicted molar refractivity (Wildman–Crippen MR) is 85.8 cm³/mol. The highest BCUT2D eigenvalue weighted by Crippen LogP contribution is 2.34. The molecule has 1 aromatic rings. The molecule has 1 aliphatic carbocycles. The summed E-state index contributed by atoms with van der Waals surface area (Å²) in [7, 11) is 2.14. The summed E-state index contributed by atoms with van der Waals surface area (Å²) >= 11 is 1.82. The number of thiophene rings is 1. The van der Waals surface area contributed by atoms with E-state index in [0.29, 0.717) is 6.04 Å². The van der Waals surface area contributed by atoms with E-state index in [1.54, 1.807) is 0 Å².